The van der Waals surface area contributed by atoms with Gasteiger partial charge in [0.1, 0.15) is 0 Å². The zero-order valence-electron chi connectivity index (χ0n) is 8.94. The third kappa shape index (κ3) is 2.46. The molecule has 0 aromatic carbocycles. The first-order valence-corrected chi connectivity index (χ1v) is 5.55. The summed E-state index contributed by atoms with van der Waals surface area (Å²) in [6.07, 6.45) is -0.0979. The zero-order chi connectivity index (χ0) is 12.5. The van der Waals surface area contributed by atoms with Crippen molar-refractivity contribution in [2.24, 2.45) is 0 Å². The number of alkyl halides is 1. The molecule has 0 atom stereocenters. The molecular weight excluding hydrogens is 249 g/mol. The van der Waals surface area contributed by atoms with Gasteiger partial charge in [0.15, 0.2) is 11.0 Å². The molecule has 17 heavy (non-hydrogen) atoms. The number of halogens is 2. The maximum Gasteiger partial charge on any atom is 0.341 e. The quantitative estimate of drug-likeness (QED) is 0.872. The SMILES string of the molecule is O=C(O)C1(F)CCN(c2ccc(Cl)nn2)CC1. The number of piperidine rings is 1. The van der Waals surface area contributed by atoms with Crippen LogP contribution in [0.25, 0.3) is 0 Å². The van der Waals surface area contributed by atoms with Crippen LogP contribution in [0.5, 0.6) is 0 Å². The molecule has 7 heteroatoms. The van der Waals surface area contributed by atoms with Crippen LogP contribution in [0.3, 0.4) is 0 Å². The molecule has 1 saturated heterocycles. The van der Waals surface area contributed by atoms with E-state index in [1.165, 1.54) is 0 Å². The van der Waals surface area contributed by atoms with Crippen molar-refractivity contribution in [2.75, 3.05) is 18.0 Å². The minimum Gasteiger partial charge on any atom is -0.479 e. The van der Waals surface area contributed by atoms with E-state index in [2.05, 4.69) is 10.2 Å². The number of rotatable bonds is 2. The molecule has 1 aliphatic heterocycles. The van der Waals surface area contributed by atoms with Crippen molar-refractivity contribution < 1.29 is 14.3 Å². The first-order chi connectivity index (χ1) is 8.01. The zero-order valence-corrected chi connectivity index (χ0v) is 9.69. The van der Waals surface area contributed by atoms with Crippen molar-refractivity contribution in [3.05, 3.63) is 17.3 Å². The van der Waals surface area contributed by atoms with Crippen molar-refractivity contribution >= 4 is 23.4 Å². The monoisotopic (exact) mass is 259 g/mol. The van der Waals surface area contributed by atoms with Crippen molar-refractivity contribution in [3.8, 4) is 0 Å². The van der Waals surface area contributed by atoms with Crippen molar-refractivity contribution in [1.29, 1.82) is 0 Å². The summed E-state index contributed by atoms with van der Waals surface area (Å²) in [6.45, 7) is 0.609. The van der Waals surface area contributed by atoms with Gasteiger partial charge in [-0.25, -0.2) is 9.18 Å². The van der Waals surface area contributed by atoms with E-state index in [4.69, 9.17) is 16.7 Å². The van der Waals surface area contributed by atoms with Crippen LogP contribution in [-0.4, -0.2) is 40.0 Å². The van der Waals surface area contributed by atoms with Crippen LogP contribution in [0.2, 0.25) is 5.15 Å². The summed E-state index contributed by atoms with van der Waals surface area (Å²) in [5.41, 5.74) is -2.11. The van der Waals surface area contributed by atoms with E-state index in [1.54, 1.807) is 17.0 Å². The molecule has 2 heterocycles. The molecule has 1 aliphatic rings. The van der Waals surface area contributed by atoms with Gasteiger partial charge in [-0.3, -0.25) is 0 Å². The van der Waals surface area contributed by atoms with Gasteiger partial charge in [0, 0.05) is 25.9 Å². The normalized spacial score (nSPS) is 19.1. The van der Waals surface area contributed by atoms with Gasteiger partial charge in [-0.05, 0) is 12.1 Å². The lowest BCUT2D eigenvalue weighted by molar-refractivity contribution is -0.152. The summed E-state index contributed by atoms with van der Waals surface area (Å²) < 4.78 is 13.8. The molecule has 1 aromatic heterocycles. The van der Waals surface area contributed by atoms with E-state index < -0.39 is 11.6 Å². The van der Waals surface area contributed by atoms with Crippen LogP contribution >= 0.6 is 11.6 Å². The van der Waals surface area contributed by atoms with Gasteiger partial charge >= 0.3 is 5.97 Å². The molecular formula is C10H11ClFN3O2. The first kappa shape index (κ1) is 12.0. The molecule has 92 valence electrons. The van der Waals surface area contributed by atoms with Gasteiger partial charge in [0.05, 0.1) is 0 Å². The van der Waals surface area contributed by atoms with Crippen molar-refractivity contribution in [3.63, 3.8) is 0 Å². The van der Waals surface area contributed by atoms with Gasteiger partial charge in [-0.1, -0.05) is 11.6 Å². The second kappa shape index (κ2) is 4.44. The summed E-state index contributed by atoms with van der Waals surface area (Å²) in [5.74, 6) is -0.804. The molecule has 0 aliphatic carbocycles. The Balaban J connectivity index is 2.04. The van der Waals surface area contributed by atoms with E-state index in [0.29, 0.717) is 18.9 Å². The maximum absolute atomic E-state index is 13.8. The predicted molar refractivity (Wildman–Crippen MR) is 60.0 cm³/mol. The summed E-state index contributed by atoms with van der Waals surface area (Å²) in [7, 11) is 0. The van der Waals surface area contributed by atoms with Crippen LogP contribution in [0, 0.1) is 0 Å². The number of carboxylic acids is 1. The lowest BCUT2D eigenvalue weighted by atomic mass is 9.93. The molecule has 0 amide bonds. The fourth-order valence-electron chi connectivity index (χ4n) is 1.78. The second-order valence-electron chi connectivity index (χ2n) is 3.97. The topological polar surface area (TPSA) is 66.3 Å². The highest BCUT2D eigenvalue weighted by molar-refractivity contribution is 6.29. The number of anilines is 1. The summed E-state index contributed by atoms with van der Waals surface area (Å²) in [4.78, 5) is 12.5. The van der Waals surface area contributed by atoms with E-state index in [1.807, 2.05) is 0 Å². The van der Waals surface area contributed by atoms with Gasteiger partial charge in [-0.2, -0.15) is 0 Å². The maximum atomic E-state index is 13.8. The summed E-state index contributed by atoms with van der Waals surface area (Å²) in [5, 5.41) is 16.6. The van der Waals surface area contributed by atoms with Gasteiger partial charge in [0.25, 0.3) is 0 Å². The number of carbonyl (C=O) groups is 1. The van der Waals surface area contributed by atoms with E-state index in [0.717, 1.165) is 0 Å². The highest BCUT2D eigenvalue weighted by Gasteiger charge is 2.42. The number of hydrogen-bond acceptors (Lipinski definition) is 4. The van der Waals surface area contributed by atoms with Gasteiger partial charge in [0.2, 0.25) is 5.67 Å². The standard InChI is InChI=1S/C10H11ClFN3O2/c11-7-1-2-8(14-13-7)15-5-3-10(12,4-6-15)9(16)17/h1-2H,3-6H2,(H,16,17). The molecule has 1 fully saturated rings. The number of aromatic nitrogens is 2. The lowest BCUT2D eigenvalue weighted by Crippen LogP contribution is -2.46. The lowest BCUT2D eigenvalue weighted by Gasteiger charge is -2.34. The van der Waals surface area contributed by atoms with Crippen molar-refractivity contribution in [2.45, 2.75) is 18.5 Å². The van der Waals surface area contributed by atoms with E-state index in [-0.39, 0.29) is 18.0 Å². The van der Waals surface area contributed by atoms with Gasteiger partial charge < -0.3 is 10.0 Å². The Bertz CT molecular complexity index is 418. The second-order valence-corrected chi connectivity index (χ2v) is 4.36. The Hall–Kier alpha value is -1.43. The number of hydrogen-bond donors (Lipinski definition) is 1. The largest absolute Gasteiger partial charge is 0.479 e. The molecule has 0 saturated carbocycles. The van der Waals surface area contributed by atoms with Crippen LogP contribution in [0.15, 0.2) is 12.1 Å². The Kier molecular flexibility index (Phi) is 3.15. The van der Waals surface area contributed by atoms with Crippen LogP contribution in [-0.2, 0) is 4.79 Å². The molecule has 2 rings (SSSR count). The molecule has 0 radical (unpaired) electrons. The predicted octanol–water partition coefficient (Wildman–Crippen LogP) is 1.52. The average Bonchev–Trinajstić information content (AvgIpc) is 2.31. The third-order valence-corrected chi connectivity index (χ3v) is 3.08. The van der Waals surface area contributed by atoms with E-state index >= 15 is 0 Å². The van der Waals surface area contributed by atoms with Crippen molar-refractivity contribution in [1.82, 2.24) is 10.2 Å². The minimum absolute atomic E-state index is 0.0490. The molecule has 0 spiro atoms. The Morgan fingerprint density at radius 2 is 2.06 bits per heavy atom. The highest BCUT2D eigenvalue weighted by Crippen LogP contribution is 2.28. The molecule has 0 unspecified atom stereocenters. The fraction of sp³-hybridized carbons (Fsp3) is 0.500. The van der Waals surface area contributed by atoms with Crippen LogP contribution in [0.4, 0.5) is 10.2 Å². The number of carboxylic acid groups (broad SMARTS) is 1. The summed E-state index contributed by atoms with van der Waals surface area (Å²) in [6, 6.07) is 3.28. The molecule has 0 bridgehead atoms. The average molecular weight is 260 g/mol. The van der Waals surface area contributed by atoms with Crippen LogP contribution < -0.4 is 4.90 Å². The Morgan fingerprint density at radius 3 is 2.53 bits per heavy atom. The Morgan fingerprint density at radius 1 is 1.41 bits per heavy atom. The number of nitrogens with zero attached hydrogens (tertiary/aromatic N) is 3. The summed E-state index contributed by atoms with van der Waals surface area (Å²) >= 11 is 5.61. The smallest absolute Gasteiger partial charge is 0.341 e. The highest BCUT2D eigenvalue weighted by atomic mass is 35.5. The fourth-order valence-corrected chi connectivity index (χ4v) is 1.88. The molecule has 1 N–H and O–H groups in total. The van der Waals surface area contributed by atoms with Gasteiger partial charge in [-0.15, -0.1) is 10.2 Å². The van der Waals surface area contributed by atoms with E-state index in [9.17, 15) is 9.18 Å². The molecule has 1 aromatic rings. The minimum atomic E-state index is -2.11. The Labute approximate surface area is 102 Å². The first-order valence-electron chi connectivity index (χ1n) is 5.18. The van der Waals surface area contributed by atoms with Crippen LogP contribution in [0.1, 0.15) is 12.8 Å². The molecule has 5 nitrogen and oxygen atoms in total. The number of aliphatic carboxylic acids is 1. The third-order valence-electron chi connectivity index (χ3n) is 2.88.